The first-order valence-corrected chi connectivity index (χ1v) is 10.0. The molecular weight excluding hydrogens is 378 g/mol. The SMILES string of the molecule is O=C(Nc1nc(-c2ccccc2)cs1)c1ccc(CSc2ncn[nH]2)cc1. The van der Waals surface area contributed by atoms with E-state index in [2.05, 4.69) is 25.5 Å². The number of anilines is 1. The maximum absolute atomic E-state index is 12.4. The molecule has 27 heavy (non-hydrogen) atoms. The molecule has 0 aliphatic heterocycles. The fraction of sp³-hybridized carbons (Fsp3) is 0.0526. The third kappa shape index (κ3) is 4.42. The Labute approximate surface area is 164 Å². The van der Waals surface area contributed by atoms with Gasteiger partial charge in [0.05, 0.1) is 5.69 Å². The van der Waals surface area contributed by atoms with Gasteiger partial charge in [0.1, 0.15) is 6.33 Å². The maximum atomic E-state index is 12.4. The summed E-state index contributed by atoms with van der Waals surface area (Å²) in [6, 6.07) is 17.4. The number of rotatable bonds is 6. The summed E-state index contributed by atoms with van der Waals surface area (Å²) in [5.74, 6) is 0.586. The molecule has 2 heterocycles. The third-order valence-electron chi connectivity index (χ3n) is 3.78. The van der Waals surface area contributed by atoms with Crippen LogP contribution in [0.3, 0.4) is 0 Å². The summed E-state index contributed by atoms with van der Waals surface area (Å²) in [5, 5.41) is 12.8. The molecule has 0 saturated carbocycles. The summed E-state index contributed by atoms with van der Waals surface area (Å²) < 4.78 is 0. The highest BCUT2D eigenvalue weighted by Gasteiger charge is 2.10. The van der Waals surface area contributed by atoms with Crippen molar-refractivity contribution in [3.05, 3.63) is 77.4 Å². The zero-order valence-electron chi connectivity index (χ0n) is 14.1. The van der Waals surface area contributed by atoms with Gasteiger partial charge in [-0.15, -0.1) is 11.3 Å². The molecule has 0 atom stereocenters. The molecule has 134 valence electrons. The summed E-state index contributed by atoms with van der Waals surface area (Å²) >= 11 is 2.97. The molecule has 0 radical (unpaired) electrons. The number of hydrogen-bond donors (Lipinski definition) is 2. The Bertz CT molecular complexity index is 1010. The standard InChI is InChI=1S/C19H15N5OS2/c25-17(23-19-22-16(11-27-19)14-4-2-1-3-5-14)15-8-6-13(7-9-15)10-26-18-20-12-21-24-18/h1-9,11-12H,10H2,(H,20,21,24)(H,22,23,25). The van der Waals surface area contributed by atoms with Gasteiger partial charge in [0, 0.05) is 22.3 Å². The van der Waals surface area contributed by atoms with Gasteiger partial charge in [0.15, 0.2) is 10.3 Å². The average Bonchev–Trinajstić information content (AvgIpc) is 3.39. The van der Waals surface area contributed by atoms with Crippen LogP contribution in [-0.4, -0.2) is 26.1 Å². The van der Waals surface area contributed by atoms with Crippen LogP contribution in [0, 0.1) is 0 Å². The Kier molecular flexibility index (Phi) is 5.27. The topological polar surface area (TPSA) is 83.6 Å². The number of hydrogen-bond acceptors (Lipinski definition) is 6. The van der Waals surface area contributed by atoms with Crippen LogP contribution in [-0.2, 0) is 5.75 Å². The second-order valence-corrected chi connectivity index (χ2v) is 7.46. The summed E-state index contributed by atoms with van der Waals surface area (Å²) in [4.78, 5) is 21.0. The molecule has 8 heteroatoms. The highest BCUT2D eigenvalue weighted by molar-refractivity contribution is 7.98. The Morgan fingerprint density at radius 2 is 1.93 bits per heavy atom. The van der Waals surface area contributed by atoms with E-state index in [0.717, 1.165) is 27.7 Å². The number of aromatic nitrogens is 4. The quantitative estimate of drug-likeness (QED) is 0.472. The van der Waals surface area contributed by atoms with Crippen LogP contribution in [0.4, 0.5) is 5.13 Å². The maximum Gasteiger partial charge on any atom is 0.257 e. The van der Waals surface area contributed by atoms with Crippen molar-refractivity contribution in [3.63, 3.8) is 0 Å². The van der Waals surface area contributed by atoms with Gasteiger partial charge in [0.2, 0.25) is 0 Å². The molecule has 1 amide bonds. The molecule has 0 aliphatic carbocycles. The van der Waals surface area contributed by atoms with Crippen molar-refractivity contribution < 1.29 is 4.79 Å². The number of aromatic amines is 1. The normalized spacial score (nSPS) is 10.7. The minimum atomic E-state index is -0.168. The molecule has 0 aliphatic rings. The lowest BCUT2D eigenvalue weighted by Crippen LogP contribution is -2.11. The monoisotopic (exact) mass is 393 g/mol. The van der Waals surface area contributed by atoms with Gasteiger partial charge in [-0.3, -0.25) is 15.2 Å². The number of nitrogens with one attached hydrogen (secondary N) is 2. The second kappa shape index (κ2) is 8.15. The lowest BCUT2D eigenvalue weighted by molar-refractivity contribution is 0.102. The molecule has 2 N–H and O–H groups in total. The van der Waals surface area contributed by atoms with Crippen LogP contribution in [0.15, 0.2) is 71.5 Å². The number of amides is 1. The minimum Gasteiger partial charge on any atom is -0.298 e. The summed E-state index contributed by atoms with van der Waals surface area (Å²) in [6.07, 6.45) is 1.48. The number of thioether (sulfide) groups is 1. The van der Waals surface area contributed by atoms with Crippen LogP contribution in [0.25, 0.3) is 11.3 Å². The van der Waals surface area contributed by atoms with Crippen molar-refractivity contribution in [2.75, 3.05) is 5.32 Å². The smallest absolute Gasteiger partial charge is 0.257 e. The molecule has 4 aromatic rings. The van der Waals surface area contributed by atoms with Crippen LogP contribution in [0.1, 0.15) is 15.9 Å². The molecule has 6 nitrogen and oxygen atoms in total. The van der Waals surface area contributed by atoms with E-state index in [9.17, 15) is 4.79 Å². The third-order valence-corrected chi connectivity index (χ3v) is 5.48. The molecule has 0 spiro atoms. The fourth-order valence-electron chi connectivity index (χ4n) is 2.41. The number of carbonyl (C=O) groups excluding carboxylic acids is 1. The van der Waals surface area contributed by atoms with Gasteiger partial charge >= 0.3 is 0 Å². The van der Waals surface area contributed by atoms with Gasteiger partial charge < -0.3 is 0 Å². The van der Waals surface area contributed by atoms with Crippen molar-refractivity contribution in [2.24, 2.45) is 0 Å². The Morgan fingerprint density at radius 1 is 1.11 bits per heavy atom. The van der Waals surface area contributed by atoms with E-state index in [-0.39, 0.29) is 5.91 Å². The van der Waals surface area contributed by atoms with E-state index < -0.39 is 0 Å². The molecule has 0 unspecified atom stereocenters. The van der Waals surface area contributed by atoms with Crippen LogP contribution < -0.4 is 5.32 Å². The number of thiazole rings is 1. The summed E-state index contributed by atoms with van der Waals surface area (Å²) in [6.45, 7) is 0. The minimum absolute atomic E-state index is 0.168. The van der Waals surface area contributed by atoms with Gasteiger partial charge in [-0.05, 0) is 17.7 Å². The fourth-order valence-corrected chi connectivity index (χ4v) is 3.86. The Balaban J connectivity index is 1.37. The predicted molar refractivity (Wildman–Crippen MR) is 108 cm³/mol. The zero-order valence-corrected chi connectivity index (χ0v) is 15.8. The van der Waals surface area contributed by atoms with Gasteiger partial charge in [0.25, 0.3) is 5.91 Å². The lowest BCUT2D eigenvalue weighted by atomic mass is 10.1. The zero-order chi connectivity index (χ0) is 18.5. The lowest BCUT2D eigenvalue weighted by Gasteiger charge is -2.04. The van der Waals surface area contributed by atoms with Crippen LogP contribution in [0.5, 0.6) is 0 Å². The van der Waals surface area contributed by atoms with Gasteiger partial charge in [-0.25, -0.2) is 9.97 Å². The Morgan fingerprint density at radius 3 is 2.67 bits per heavy atom. The highest BCUT2D eigenvalue weighted by Crippen LogP contribution is 2.25. The molecule has 2 aromatic carbocycles. The highest BCUT2D eigenvalue weighted by atomic mass is 32.2. The number of benzene rings is 2. The van der Waals surface area contributed by atoms with Crippen molar-refractivity contribution in [1.29, 1.82) is 0 Å². The van der Waals surface area contributed by atoms with Crippen LogP contribution >= 0.6 is 23.1 Å². The first kappa shape index (κ1) is 17.4. The first-order chi connectivity index (χ1) is 13.3. The molecule has 0 saturated heterocycles. The second-order valence-electron chi connectivity index (χ2n) is 5.63. The van der Waals surface area contributed by atoms with E-state index in [0.29, 0.717) is 10.7 Å². The largest absolute Gasteiger partial charge is 0.298 e. The average molecular weight is 393 g/mol. The van der Waals surface area contributed by atoms with E-state index in [1.165, 1.54) is 17.7 Å². The Hall–Kier alpha value is -2.97. The molecule has 0 bridgehead atoms. The van der Waals surface area contributed by atoms with Crippen molar-refractivity contribution in [2.45, 2.75) is 10.9 Å². The van der Waals surface area contributed by atoms with Crippen molar-refractivity contribution in [3.8, 4) is 11.3 Å². The first-order valence-electron chi connectivity index (χ1n) is 8.17. The van der Waals surface area contributed by atoms with E-state index in [1.54, 1.807) is 11.8 Å². The molecule has 4 rings (SSSR count). The van der Waals surface area contributed by atoms with Gasteiger partial charge in [-0.2, -0.15) is 5.10 Å². The van der Waals surface area contributed by atoms with E-state index in [1.807, 2.05) is 60.0 Å². The van der Waals surface area contributed by atoms with Crippen LogP contribution in [0.2, 0.25) is 0 Å². The van der Waals surface area contributed by atoms with Crippen molar-refractivity contribution in [1.82, 2.24) is 20.2 Å². The van der Waals surface area contributed by atoms with E-state index >= 15 is 0 Å². The predicted octanol–water partition coefficient (Wildman–Crippen LogP) is 4.47. The summed E-state index contributed by atoms with van der Waals surface area (Å²) in [5.41, 5.74) is 3.59. The van der Waals surface area contributed by atoms with Crippen molar-refractivity contribution >= 4 is 34.1 Å². The van der Waals surface area contributed by atoms with E-state index in [4.69, 9.17) is 0 Å². The molecular formula is C19H15N5OS2. The molecule has 2 aromatic heterocycles. The van der Waals surface area contributed by atoms with Gasteiger partial charge in [-0.1, -0.05) is 54.2 Å². The number of nitrogens with zero attached hydrogens (tertiary/aromatic N) is 3. The molecule has 0 fully saturated rings. The number of H-pyrrole nitrogens is 1. The number of carbonyl (C=O) groups is 1. The summed E-state index contributed by atoms with van der Waals surface area (Å²) in [7, 11) is 0.